The first-order chi connectivity index (χ1) is 14.8. The Hall–Kier alpha value is -2.20. The van der Waals surface area contributed by atoms with Crippen LogP contribution in [-0.2, 0) is 28.5 Å². The molecule has 0 aliphatic heterocycles. The minimum Gasteiger partial charge on any atom is -0.511 e. The van der Waals surface area contributed by atoms with Crippen molar-refractivity contribution in [2.45, 2.75) is 65.2 Å². The molecule has 0 amide bonds. The number of esters is 2. The molecule has 0 heterocycles. The molecule has 10 nitrogen and oxygen atoms in total. The Morgan fingerprint density at radius 1 is 1.10 bits per heavy atom. The molecule has 0 aromatic rings. The quantitative estimate of drug-likeness (QED) is 0.196. The number of aliphatic hydroxyl groups excluding tert-OH is 1. The highest BCUT2D eigenvalue weighted by molar-refractivity contribution is 5.90. The van der Waals surface area contributed by atoms with Crippen LogP contribution in [0.1, 0.15) is 52.9 Å². The van der Waals surface area contributed by atoms with Gasteiger partial charge in [0.25, 0.3) is 0 Å². The van der Waals surface area contributed by atoms with Crippen molar-refractivity contribution < 1.29 is 38.6 Å². The lowest BCUT2D eigenvalue weighted by Crippen LogP contribution is -2.48. The van der Waals surface area contributed by atoms with Crippen LogP contribution in [-0.4, -0.2) is 61.7 Å². The van der Waals surface area contributed by atoms with Crippen LogP contribution in [0.25, 0.3) is 0 Å². The highest BCUT2D eigenvalue weighted by Crippen LogP contribution is 2.45. The van der Waals surface area contributed by atoms with Gasteiger partial charge in [-0.1, -0.05) is 6.92 Å². The van der Waals surface area contributed by atoms with Gasteiger partial charge in [-0.3, -0.25) is 14.9 Å². The first kappa shape index (κ1) is 26.8. The van der Waals surface area contributed by atoms with Crippen molar-refractivity contribution in [3.05, 3.63) is 21.4 Å². The maximum Gasteiger partial charge on any atom is 0.337 e. The molecule has 31 heavy (non-hydrogen) atoms. The number of methoxy groups -OCH3 is 2. The lowest BCUT2D eigenvalue weighted by molar-refractivity contribution is -0.544. The van der Waals surface area contributed by atoms with E-state index in [0.29, 0.717) is 32.5 Å². The van der Waals surface area contributed by atoms with E-state index in [1.807, 2.05) is 0 Å². The van der Waals surface area contributed by atoms with Crippen LogP contribution in [0, 0.1) is 27.9 Å². The summed E-state index contributed by atoms with van der Waals surface area (Å²) in [6, 6.07) is -1.17. The third kappa shape index (κ3) is 6.90. The summed E-state index contributed by atoms with van der Waals surface area (Å²) in [5.41, 5.74) is -0.0929. The number of nitrogens with zero attached hydrogens (tertiary/aromatic N) is 1. The van der Waals surface area contributed by atoms with Crippen molar-refractivity contribution >= 4 is 11.9 Å². The van der Waals surface area contributed by atoms with Gasteiger partial charge < -0.3 is 24.1 Å². The molecule has 1 aliphatic rings. The standard InChI is InChI=1S/C21H35NO9/c1-6-13-14(10-9-11-16(23)28-4)19(22(26)27)15(12-17(30-7-2)31-8-3)18(20(13)24)21(25)29-5/h13-15,17,19,24H,6-12H2,1-5H3/t13-,14-,15-,19-/m1/s1. The molecule has 0 unspecified atom stereocenters. The van der Waals surface area contributed by atoms with E-state index >= 15 is 0 Å². The van der Waals surface area contributed by atoms with Crippen molar-refractivity contribution in [1.82, 2.24) is 0 Å². The van der Waals surface area contributed by atoms with E-state index in [2.05, 4.69) is 4.74 Å². The molecule has 0 bridgehead atoms. The molecule has 1 rings (SSSR count). The van der Waals surface area contributed by atoms with Gasteiger partial charge in [0.05, 0.1) is 25.7 Å². The monoisotopic (exact) mass is 445 g/mol. The molecule has 0 saturated heterocycles. The second-order valence-corrected chi connectivity index (χ2v) is 7.40. The van der Waals surface area contributed by atoms with Crippen LogP contribution in [0.5, 0.6) is 0 Å². The van der Waals surface area contributed by atoms with Gasteiger partial charge in [0.1, 0.15) is 5.76 Å². The van der Waals surface area contributed by atoms with Crippen molar-refractivity contribution in [2.24, 2.45) is 17.8 Å². The third-order valence-corrected chi connectivity index (χ3v) is 5.75. The molecule has 4 atom stereocenters. The summed E-state index contributed by atoms with van der Waals surface area (Å²) in [4.78, 5) is 35.9. The fraction of sp³-hybridized carbons (Fsp3) is 0.810. The second-order valence-electron chi connectivity index (χ2n) is 7.40. The third-order valence-electron chi connectivity index (χ3n) is 5.75. The average Bonchev–Trinajstić information content (AvgIpc) is 2.73. The minimum absolute atomic E-state index is 0.0196. The van der Waals surface area contributed by atoms with E-state index in [1.165, 1.54) is 14.2 Å². The predicted octanol–water partition coefficient (Wildman–Crippen LogP) is 3.02. The van der Waals surface area contributed by atoms with E-state index in [-0.39, 0.29) is 24.2 Å². The average molecular weight is 446 g/mol. The van der Waals surface area contributed by atoms with Gasteiger partial charge in [-0.15, -0.1) is 0 Å². The fourth-order valence-corrected chi connectivity index (χ4v) is 4.44. The molecule has 1 N–H and O–H groups in total. The number of aliphatic hydroxyl groups is 1. The lowest BCUT2D eigenvalue weighted by atomic mass is 9.66. The van der Waals surface area contributed by atoms with Crippen molar-refractivity contribution in [3.63, 3.8) is 0 Å². The normalized spacial score (nSPS) is 23.7. The maximum atomic E-state index is 12.6. The molecule has 1 aliphatic carbocycles. The van der Waals surface area contributed by atoms with Gasteiger partial charge in [0.15, 0.2) is 6.29 Å². The van der Waals surface area contributed by atoms with Crippen molar-refractivity contribution in [1.29, 1.82) is 0 Å². The zero-order valence-corrected chi connectivity index (χ0v) is 19.0. The highest BCUT2D eigenvalue weighted by Gasteiger charge is 2.53. The summed E-state index contributed by atoms with van der Waals surface area (Å²) in [6.45, 7) is 5.99. The number of nitro groups is 1. The Balaban J connectivity index is 3.42. The van der Waals surface area contributed by atoms with Crippen LogP contribution < -0.4 is 0 Å². The van der Waals surface area contributed by atoms with E-state index in [9.17, 15) is 24.8 Å². The van der Waals surface area contributed by atoms with Crippen LogP contribution in [0.4, 0.5) is 0 Å². The van der Waals surface area contributed by atoms with Gasteiger partial charge in [-0.25, -0.2) is 4.79 Å². The van der Waals surface area contributed by atoms with Gasteiger partial charge in [0.2, 0.25) is 6.04 Å². The van der Waals surface area contributed by atoms with Crippen LogP contribution in [0.2, 0.25) is 0 Å². The molecule has 0 spiro atoms. The summed E-state index contributed by atoms with van der Waals surface area (Å²) in [6.07, 6.45) is 0.448. The molecule has 0 fully saturated rings. The van der Waals surface area contributed by atoms with Crippen LogP contribution in [0.3, 0.4) is 0 Å². The van der Waals surface area contributed by atoms with E-state index in [1.54, 1.807) is 20.8 Å². The number of carbonyl (C=O) groups is 2. The number of carbonyl (C=O) groups excluding carboxylic acids is 2. The van der Waals surface area contributed by atoms with E-state index < -0.39 is 46.9 Å². The Morgan fingerprint density at radius 2 is 1.71 bits per heavy atom. The highest BCUT2D eigenvalue weighted by atomic mass is 16.7. The molecule has 0 radical (unpaired) electrons. The Kier molecular flexibility index (Phi) is 11.5. The van der Waals surface area contributed by atoms with Gasteiger partial charge in [0, 0.05) is 42.8 Å². The lowest BCUT2D eigenvalue weighted by Gasteiger charge is -2.39. The number of ether oxygens (including phenoxy) is 4. The van der Waals surface area contributed by atoms with E-state index in [0.717, 1.165) is 0 Å². The first-order valence-electron chi connectivity index (χ1n) is 10.7. The zero-order valence-electron chi connectivity index (χ0n) is 19.0. The van der Waals surface area contributed by atoms with E-state index in [4.69, 9.17) is 14.2 Å². The molecule has 0 aromatic carbocycles. The smallest absolute Gasteiger partial charge is 0.337 e. The molecule has 0 aromatic heterocycles. The fourth-order valence-electron chi connectivity index (χ4n) is 4.44. The SMILES string of the molecule is CCOC(C[C@@H]1C(C(=O)OC)=C(O)[C@H](CC)[C@@H](CCCC(=O)OC)[C@H]1[N+](=O)[O-])OCC. The number of rotatable bonds is 13. The van der Waals surface area contributed by atoms with Gasteiger partial charge in [-0.2, -0.15) is 0 Å². The minimum atomic E-state index is -1.17. The predicted molar refractivity (Wildman–Crippen MR) is 111 cm³/mol. The summed E-state index contributed by atoms with van der Waals surface area (Å²) >= 11 is 0. The van der Waals surface area contributed by atoms with Crippen LogP contribution >= 0.6 is 0 Å². The topological polar surface area (TPSA) is 134 Å². The molecule has 0 saturated carbocycles. The number of hydrogen-bond acceptors (Lipinski definition) is 9. The van der Waals surface area contributed by atoms with Crippen molar-refractivity contribution in [3.8, 4) is 0 Å². The van der Waals surface area contributed by atoms with Gasteiger partial charge >= 0.3 is 11.9 Å². The molecule has 178 valence electrons. The Morgan fingerprint density at radius 3 is 2.16 bits per heavy atom. The van der Waals surface area contributed by atoms with Crippen molar-refractivity contribution in [2.75, 3.05) is 27.4 Å². The molecular weight excluding hydrogens is 410 g/mol. The molecular formula is C21H35NO9. The summed E-state index contributed by atoms with van der Waals surface area (Å²) in [5, 5.41) is 23.2. The summed E-state index contributed by atoms with van der Waals surface area (Å²) < 4.78 is 20.6. The Labute approximate surface area is 183 Å². The summed E-state index contributed by atoms with van der Waals surface area (Å²) in [7, 11) is 2.46. The number of allylic oxidation sites excluding steroid dienone is 1. The Bertz CT molecular complexity index is 643. The number of hydrogen-bond donors (Lipinski definition) is 1. The first-order valence-corrected chi connectivity index (χ1v) is 10.7. The largest absolute Gasteiger partial charge is 0.511 e. The van der Waals surface area contributed by atoms with Gasteiger partial charge in [-0.05, 0) is 33.1 Å². The maximum absolute atomic E-state index is 12.6. The second kappa shape index (κ2) is 13.3. The molecule has 10 heteroatoms. The van der Waals surface area contributed by atoms with Crippen LogP contribution in [0.15, 0.2) is 11.3 Å². The summed E-state index contributed by atoms with van der Waals surface area (Å²) in [5.74, 6) is -3.53. The zero-order chi connectivity index (χ0) is 23.6.